The van der Waals surface area contributed by atoms with Gasteiger partial charge in [0, 0.05) is 6.42 Å². The summed E-state index contributed by atoms with van der Waals surface area (Å²) in [7, 11) is 1.67. The van der Waals surface area contributed by atoms with E-state index in [2.05, 4.69) is 41.9 Å². The van der Waals surface area contributed by atoms with Crippen molar-refractivity contribution in [1.29, 1.82) is 0 Å². The molecular weight excluding hydrogens is 328 g/mol. The van der Waals surface area contributed by atoms with Gasteiger partial charge in [0.25, 0.3) is 0 Å². The molecule has 0 aliphatic heterocycles. The molecular formula is C18H27BrO2. The van der Waals surface area contributed by atoms with Gasteiger partial charge in [0.2, 0.25) is 0 Å². The molecule has 0 saturated heterocycles. The summed E-state index contributed by atoms with van der Waals surface area (Å²) in [6.45, 7) is 4.54. The summed E-state index contributed by atoms with van der Waals surface area (Å²) in [6.07, 6.45) is 6.25. The van der Waals surface area contributed by atoms with Gasteiger partial charge in [-0.05, 0) is 64.7 Å². The molecule has 0 aromatic heterocycles. The van der Waals surface area contributed by atoms with E-state index in [0.29, 0.717) is 11.8 Å². The van der Waals surface area contributed by atoms with Crippen LogP contribution in [0.1, 0.15) is 51.5 Å². The summed E-state index contributed by atoms with van der Waals surface area (Å²) in [4.78, 5) is 0. The van der Waals surface area contributed by atoms with Gasteiger partial charge in [-0.25, -0.2) is 0 Å². The average molecular weight is 355 g/mol. The molecule has 0 amide bonds. The zero-order valence-corrected chi connectivity index (χ0v) is 14.9. The fourth-order valence-corrected chi connectivity index (χ4v) is 4.28. The van der Waals surface area contributed by atoms with Gasteiger partial charge < -0.3 is 9.84 Å². The summed E-state index contributed by atoms with van der Waals surface area (Å²) in [5, 5.41) is 11.0. The molecule has 1 saturated carbocycles. The lowest BCUT2D eigenvalue weighted by molar-refractivity contribution is -0.0189. The standard InChI is InChI=1S/C18H27BrO2/c1-13(2)9-14-5-4-8-18(20,11-14)12-15-6-7-17(21-3)16(19)10-15/h6-7,10,13-14,20H,4-5,8-9,11-12H2,1-3H3. The molecule has 1 aliphatic carbocycles. The van der Waals surface area contributed by atoms with Crippen LogP contribution in [0.3, 0.4) is 0 Å². The summed E-state index contributed by atoms with van der Waals surface area (Å²) < 4.78 is 6.23. The van der Waals surface area contributed by atoms with E-state index < -0.39 is 5.60 Å². The highest BCUT2D eigenvalue weighted by Gasteiger charge is 2.34. The van der Waals surface area contributed by atoms with E-state index in [1.807, 2.05) is 6.07 Å². The summed E-state index contributed by atoms with van der Waals surface area (Å²) in [5.41, 5.74) is 0.640. The molecule has 2 atom stereocenters. The first kappa shape index (κ1) is 16.8. The zero-order chi connectivity index (χ0) is 15.5. The Bertz CT molecular complexity index is 472. The van der Waals surface area contributed by atoms with Gasteiger partial charge in [-0.15, -0.1) is 0 Å². The fraction of sp³-hybridized carbons (Fsp3) is 0.667. The van der Waals surface area contributed by atoms with Gasteiger partial charge in [0.1, 0.15) is 5.75 Å². The average Bonchev–Trinajstić information content (AvgIpc) is 2.37. The van der Waals surface area contributed by atoms with Crippen LogP contribution in [0.15, 0.2) is 22.7 Å². The number of hydrogen-bond donors (Lipinski definition) is 1. The van der Waals surface area contributed by atoms with E-state index in [-0.39, 0.29) is 0 Å². The highest BCUT2D eigenvalue weighted by atomic mass is 79.9. The molecule has 21 heavy (non-hydrogen) atoms. The quantitative estimate of drug-likeness (QED) is 0.808. The molecule has 1 aliphatic rings. The highest BCUT2D eigenvalue weighted by Crippen LogP contribution is 2.38. The Morgan fingerprint density at radius 2 is 2.19 bits per heavy atom. The molecule has 1 aromatic rings. The first-order chi connectivity index (χ1) is 9.92. The Morgan fingerprint density at radius 3 is 2.81 bits per heavy atom. The van der Waals surface area contributed by atoms with Crippen LogP contribution >= 0.6 is 15.9 Å². The maximum Gasteiger partial charge on any atom is 0.133 e. The monoisotopic (exact) mass is 354 g/mol. The molecule has 2 rings (SSSR count). The fourth-order valence-electron chi connectivity index (χ4n) is 3.69. The van der Waals surface area contributed by atoms with E-state index in [1.165, 1.54) is 18.4 Å². The Labute approximate surface area is 137 Å². The summed E-state index contributed by atoms with van der Waals surface area (Å²) in [6, 6.07) is 6.10. The van der Waals surface area contributed by atoms with Crippen molar-refractivity contribution in [2.75, 3.05) is 7.11 Å². The van der Waals surface area contributed by atoms with Crippen molar-refractivity contribution in [1.82, 2.24) is 0 Å². The predicted octanol–water partition coefficient (Wildman–Crippen LogP) is 4.97. The van der Waals surface area contributed by atoms with Crippen molar-refractivity contribution >= 4 is 15.9 Å². The molecule has 0 radical (unpaired) electrons. The minimum Gasteiger partial charge on any atom is -0.496 e. The van der Waals surface area contributed by atoms with Crippen molar-refractivity contribution < 1.29 is 9.84 Å². The number of methoxy groups -OCH3 is 1. The summed E-state index contributed by atoms with van der Waals surface area (Å²) in [5.74, 6) is 2.23. The van der Waals surface area contributed by atoms with E-state index >= 15 is 0 Å². The van der Waals surface area contributed by atoms with Crippen LogP contribution in [0, 0.1) is 11.8 Å². The topological polar surface area (TPSA) is 29.5 Å². The van der Waals surface area contributed by atoms with Crippen LogP contribution in [-0.4, -0.2) is 17.8 Å². The Balaban J connectivity index is 2.04. The third kappa shape index (κ3) is 4.72. The molecule has 1 fully saturated rings. The van der Waals surface area contributed by atoms with Gasteiger partial charge in [-0.1, -0.05) is 32.8 Å². The van der Waals surface area contributed by atoms with E-state index in [4.69, 9.17) is 4.74 Å². The van der Waals surface area contributed by atoms with Gasteiger partial charge in [0.15, 0.2) is 0 Å². The van der Waals surface area contributed by atoms with Gasteiger partial charge in [-0.2, -0.15) is 0 Å². The smallest absolute Gasteiger partial charge is 0.133 e. The van der Waals surface area contributed by atoms with Gasteiger partial charge in [-0.3, -0.25) is 0 Å². The van der Waals surface area contributed by atoms with Gasteiger partial charge in [0.05, 0.1) is 17.2 Å². The lowest BCUT2D eigenvalue weighted by Crippen LogP contribution is -2.37. The van der Waals surface area contributed by atoms with Crippen molar-refractivity contribution in [3.05, 3.63) is 28.2 Å². The number of hydrogen-bond acceptors (Lipinski definition) is 2. The zero-order valence-electron chi connectivity index (χ0n) is 13.4. The number of aliphatic hydroxyl groups is 1. The van der Waals surface area contributed by atoms with Crippen LogP contribution in [-0.2, 0) is 6.42 Å². The largest absolute Gasteiger partial charge is 0.496 e. The van der Waals surface area contributed by atoms with E-state index in [1.54, 1.807) is 7.11 Å². The number of ether oxygens (including phenoxy) is 1. The lowest BCUT2D eigenvalue weighted by atomic mass is 9.73. The second-order valence-electron chi connectivity index (χ2n) is 6.96. The minimum atomic E-state index is -0.536. The van der Waals surface area contributed by atoms with Crippen molar-refractivity contribution in [2.45, 2.75) is 58.0 Å². The van der Waals surface area contributed by atoms with Crippen LogP contribution in [0.5, 0.6) is 5.75 Å². The highest BCUT2D eigenvalue weighted by molar-refractivity contribution is 9.10. The molecule has 1 aromatic carbocycles. The SMILES string of the molecule is COc1ccc(CC2(O)CCCC(CC(C)C)C2)cc1Br. The first-order valence-electron chi connectivity index (χ1n) is 7.96. The predicted molar refractivity (Wildman–Crippen MR) is 90.8 cm³/mol. The third-order valence-corrected chi connectivity index (χ3v) is 5.10. The maximum absolute atomic E-state index is 11.0. The Morgan fingerprint density at radius 1 is 1.43 bits per heavy atom. The van der Waals surface area contributed by atoms with Crippen LogP contribution in [0.25, 0.3) is 0 Å². The van der Waals surface area contributed by atoms with Crippen molar-refractivity contribution in [3.8, 4) is 5.75 Å². The maximum atomic E-state index is 11.0. The molecule has 0 bridgehead atoms. The van der Waals surface area contributed by atoms with E-state index in [9.17, 15) is 5.11 Å². The normalized spacial score (nSPS) is 26.1. The summed E-state index contributed by atoms with van der Waals surface area (Å²) >= 11 is 3.53. The Hall–Kier alpha value is -0.540. The van der Waals surface area contributed by atoms with Crippen LogP contribution in [0.2, 0.25) is 0 Å². The number of halogens is 1. The van der Waals surface area contributed by atoms with Crippen LogP contribution < -0.4 is 4.74 Å². The van der Waals surface area contributed by atoms with Crippen molar-refractivity contribution in [3.63, 3.8) is 0 Å². The molecule has 3 heteroatoms. The molecule has 2 nitrogen and oxygen atoms in total. The number of rotatable bonds is 5. The second-order valence-corrected chi connectivity index (χ2v) is 7.82. The first-order valence-corrected chi connectivity index (χ1v) is 8.76. The molecule has 2 unspecified atom stereocenters. The minimum absolute atomic E-state index is 0.536. The molecule has 0 heterocycles. The third-order valence-electron chi connectivity index (χ3n) is 4.48. The van der Waals surface area contributed by atoms with Crippen LogP contribution in [0.4, 0.5) is 0 Å². The van der Waals surface area contributed by atoms with Gasteiger partial charge >= 0.3 is 0 Å². The molecule has 118 valence electrons. The second kappa shape index (κ2) is 7.15. The lowest BCUT2D eigenvalue weighted by Gasteiger charge is -2.37. The Kier molecular flexibility index (Phi) is 5.73. The molecule has 0 spiro atoms. The number of benzene rings is 1. The molecule has 1 N–H and O–H groups in total. The van der Waals surface area contributed by atoms with Crippen molar-refractivity contribution in [2.24, 2.45) is 11.8 Å². The van der Waals surface area contributed by atoms with E-state index in [0.717, 1.165) is 35.9 Å².